The van der Waals surface area contributed by atoms with Gasteiger partial charge in [0.2, 0.25) is 5.78 Å². The number of rotatable bonds is 3. The molecule has 0 bridgehead atoms. The number of nitrogens with zero attached hydrogens (tertiary/aromatic N) is 1. The van der Waals surface area contributed by atoms with Gasteiger partial charge in [-0.2, -0.15) is 5.26 Å². The normalized spacial score (nSPS) is 11.5. The number of fused-ring (bicyclic) bond motifs is 1. The summed E-state index contributed by atoms with van der Waals surface area (Å²) >= 11 is 0. The number of allylic oxidation sites excluding steroid dienone is 1. The van der Waals surface area contributed by atoms with Gasteiger partial charge >= 0.3 is 0 Å². The lowest BCUT2D eigenvalue weighted by Gasteiger charge is -2.01. The number of ketones is 1. The number of nitriles is 1. The number of hydrogen-bond acceptors (Lipinski definition) is 2. The summed E-state index contributed by atoms with van der Waals surface area (Å²) in [6.45, 7) is 1.75. The van der Waals surface area contributed by atoms with Gasteiger partial charge < -0.3 is 4.98 Å². The van der Waals surface area contributed by atoms with Crippen LogP contribution in [0.5, 0.6) is 0 Å². The fourth-order valence-electron chi connectivity index (χ4n) is 2.62. The molecule has 0 aliphatic carbocycles. The van der Waals surface area contributed by atoms with Crippen molar-refractivity contribution in [3.05, 3.63) is 76.5 Å². The fraction of sp³-hybridized carbons (Fsp3) is 0.0526. The molecule has 0 fully saturated rings. The van der Waals surface area contributed by atoms with E-state index in [2.05, 4.69) is 4.98 Å². The van der Waals surface area contributed by atoms with Crippen molar-refractivity contribution in [3.63, 3.8) is 0 Å². The lowest BCUT2D eigenvalue weighted by molar-refractivity contribution is 0.104. The van der Waals surface area contributed by atoms with Crippen LogP contribution in [0.15, 0.2) is 48.0 Å². The third-order valence-electron chi connectivity index (χ3n) is 3.74. The molecule has 1 N–H and O–H groups in total. The van der Waals surface area contributed by atoms with Crippen molar-refractivity contribution in [2.24, 2.45) is 0 Å². The first-order valence-corrected chi connectivity index (χ1v) is 7.20. The second-order valence-corrected chi connectivity index (χ2v) is 5.34. The molecule has 0 saturated carbocycles. The minimum absolute atomic E-state index is 0.145. The van der Waals surface area contributed by atoms with Crippen LogP contribution in [0, 0.1) is 29.9 Å². The van der Waals surface area contributed by atoms with E-state index in [1.54, 1.807) is 19.1 Å². The van der Waals surface area contributed by atoms with Gasteiger partial charge in [-0.05, 0) is 36.8 Å². The van der Waals surface area contributed by atoms with Crippen LogP contribution in [-0.2, 0) is 0 Å². The molecule has 0 aliphatic heterocycles. The van der Waals surface area contributed by atoms with Crippen molar-refractivity contribution in [1.82, 2.24) is 4.98 Å². The van der Waals surface area contributed by atoms with E-state index in [1.807, 2.05) is 18.2 Å². The number of Topliss-reactive ketones (excluding diaryl/α,β-unsaturated/α-hetero) is 1. The Balaban J connectivity index is 2.09. The van der Waals surface area contributed by atoms with Crippen molar-refractivity contribution in [3.8, 4) is 6.07 Å². The number of aromatic amines is 1. The highest BCUT2D eigenvalue weighted by Crippen LogP contribution is 2.25. The van der Waals surface area contributed by atoms with Gasteiger partial charge in [0.1, 0.15) is 11.6 Å². The minimum Gasteiger partial charge on any atom is -0.358 e. The quantitative estimate of drug-likeness (QED) is 0.437. The van der Waals surface area contributed by atoms with E-state index in [4.69, 9.17) is 0 Å². The number of hydrogen-bond donors (Lipinski definition) is 1. The van der Waals surface area contributed by atoms with Crippen LogP contribution >= 0.6 is 0 Å². The van der Waals surface area contributed by atoms with Gasteiger partial charge in [-0.25, -0.2) is 8.78 Å². The van der Waals surface area contributed by atoms with Gasteiger partial charge in [0.15, 0.2) is 11.6 Å². The number of benzene rings is 2. The Bertz CT molecular complexity index is 1030. The van der Waals surface area contributed by atoms with E-state index in [0.29, 0.717) is 16.6 Å². The van der Waals surface area contributed by atoms with E-state index in [9.17, 15) is 18.8 Å². The first kappa shape index (κ1) is 15.6. The average molecular weight is 322 g/mol. The van der Waals surface area contributed by atoms with Crippen molar-refractivity contribution in [2.75, 3.05) is 0 Å². The van der Waals surface area contributed by atoms with Crippen LogP contribution in [0.1, 0.15) is 21.6 Å². The predicted molar refractivity (Wildman–Crippen MR) is 87.3 cm³/mol. The largest absolute Gasteiger partial charge is 0.358 e. The summed E-state index contributed by atoms with van der Waals surface area (Å²) in [6, 6.07) is 12.3. The SMILES string of the molecule is Cc1[nH]c2ccccc2c1C(=O)/C(C#N)=C/c1ccc(F)c(F)c1. The molecular weight excluding hydrogens is 310 g/mol. The van der Waals surface area contributed by atoms with Crippen molar-refractivity contribution in [2.45, 2.75) is 6.92 Å². The summed E-state index contributed by atoms with van der Waals surface area (Å²) in [7, 11) is 0. The molecule has 118 valence electrons. The maximum atomic E-state index is 13.3. The predicted octanol–water partition coefficient (Wildman–Crippen LogP) is 4.54. The molecule has 3 aromatic rings. The maximum absolute atomic E-state index is 13.3. The summed E-state index contributed by atoms with van der Waals surface area (Å²) in [5.74, 6) is -2.47. The second-order valence-electron chi connectivity index (χ2n) is 5.34. The molecule has 2 aromatic carbocycles. The smallest absolute Gasteiger partial charge is 0.205 e. The van der Waals surface area contributed by atoms with Crippen molar-refractivity contribution in [1.29, 1.82) is 5.26 Å². The van der Waals surface area contributed by atoms with Crippen LogP contribution in [0.25, 0.3) is 17.0 Å². The Labute approximate surface area is 136 Å². The Morgan fingerprint density at radius 1 is 1.17 bits per heavy atom. The molecule has 0 saturated heterocycles. The first-order chi connectivity index (χ1) is 11.5. The molecule has 5 heteroatoms. The van der Waals surface area contributed by atoms with Gasteiger partial charge in [-0.1, -0.05) is 24.3 Å². The van der Waals surface area contributed by atoms with Crippen LogP contribution in [0.4, 0.5) is 8.78 Å². The maximum Gasteiger partial charge on any atom is 0.205 e. The summed E-state index contributed by atoms with van der Waals surface area (Å²) in [5.41, 5.74) is 1.95. The molecule has 0 amide bonds. The average Bonchev–Trinajstić information content (AvgIpc) is 2.91. The van der Waals surface area contributed by atoms with Crippen LogP contribution in [0.3, 0.4) is 0 Å². The summed E-state index contributed by atoms with van der Waals surface area (Å²) in [6.07, 6.45) is 1.26. The van der Waals surface area contributed by atoms with E-state index >= 15 is 0 Å². The van der Waals surface area contributed by atoms with Gasteiger partial charge in [0.25, 0.3) is 0 Å². The van der Waals surface area contributed by atoms with Crippen molar-refractivity contribution < 1.29 is 13.6 Å². The number of carbonyl (C=O) groups excluding carboxylic acids is 1. The Morgan fingerprint density at radius 3 is 2.62 bits per heavy atom. The standard InChI is InChI=1S/C19H12F2N2O/c1-11-18(14-4-2-3-5-17(14)23-11)19(24)13(10-22)8-12-6-7-15(20)16(21)9-12/h2-9,23H,1H3/b13-8+. The topological polar surface area (TPSA) is 56.6 Å². The number of H-pyrrole nitrogens is 1. The fourth-order valence-corrected chi connectivity index (χ4v) is 2.62. The summed E-state index contributed by atoms with van der Waals surface area (Å²) < 4.78 is 26.3. The second kappa shape index (κ2) is 6.09. The number of halogens is 2. The Morgan fingerprint density at radius 2 is 1.92 bits per heavy atom. The molecule has 0 spiro atoms. The molecule has 0 aliphatic rings. The first-order valence-electron chi connectivity index (χ1n) is 7.20. The van der Waals surface area contributed by atoms with Gasteiger partial charge in [-0.3, -0.25) is 4.79 Å². The van der Waals surface area contributed by atoms with Crippen LogP contribution < -0.4 is 0 Å². The highest BCUT2D eigenvalue weighted by molar-refractivity contribution is 6.20. The molecule has 0 radical (unpaired) electrons. The van der Waals surface area contributed by atoms with Gasteiger partial charge in [0, 0.05) is 16.6 Å². The van der Waals surface area contributed by atoms with Gasteiger partial charge in [0.05, 0.1) is 5.56 Å². The van der Waals surface area contributed by atoms with E-state index in [-0.39, 0.29) is 11.1 Å². The lowest BCUT2D eigenvalue weighted by Crippen LogP contribution is -2.03. The zero-order chi connectivity index (χ0) is 17.3. The molecule has 1 aromatic heterocycles. The number of para-hydroxylation sites is 1. The third-order valence-corrected chi connectivity index (χ3v) is 3.74. The number of carbonyl (C=O) groups is 1. The third kappa shape index (κ3) is 2.70. The summed E-state index contributed by atoms with van der Waals surface area (Å²) in [4.78, 5) is 15.8. The molecule has 0 unspecified atom stereocenters. The van der Waals surface area contributed by atoms with E-state index in [0.717, 1.165) is 17.6 Å². The van der Waals surface area contributed by atoms with E-state index < -0.39 is 17.4 Å². The van der Waals surface area contributed by atoms with Crippen molar-refractivity contribution >= 4 is 22.8 Å². The summed E-state index contributed by atoms with van der Waals surface area (Å²) in [5, 5.41) is 10.0. The minimum atomic E-state index is -1.03. The highest BCUT2D eigenvalue weighted by atomic mass is 19.2. The molecule has 3 nitrogen and oxygen atoms in total. The molecule has 1 heterocycles. The molecule has 0 atom stereocenters. The number of aryl methyl sites for hydroxylation is 1. The van der Waals surface area contributed by atoms with Gasteiger partial charge in [-0.15, -0.1) is 0 Å². The Kier molecular flexibility index (Phi) is 3.97. The van der Waals surface area contributed by atoms with Crippen LogP contribution in [-0.4, -0.2) is 10.8 Å². The number of nitrogens with one attached hydrogen (secondary N) is 1. The molecule has 3 rings (SSSR count). The zero-order valence-electron chi connectivity index (χ0n) is 12.7. The number of aromatic nitrogens is 1. The molecular formula is C19H12F2N2O. The monoisotopic (exact) mass is 322 g/mol. The Hall–Kier alpha value is -3.26. The van der Waals surface area contributed by atoms with Crippen LogP contribution in [0.2, 0.25) is 0 Å². The zero-order valence-corrected chi connectivity index (χ0v) is 12.7. The van der Waals surface area contributed by atoms with E-state index in [1.165, 1.54) is 12.1 Å². The highest BCUT2D eigenvalue weighted by Gasteiger charge is 2.19. The lowest BCUT2D eigenvalue weighted by atomic mass is 9.99. The molecule has 24 heavy (non-hydrogen) atoms.